The lowest BCUT2D eigenvalue weighted by Crippen LogP contribution is -2.27. The molecule has 1 heterocycles. The second-order valence-corrected chi connectivity index (χ2v) is 5.05. The molecule has 1 rings (SSSR count). The molecule has 1 aromatic heterocycles. The van der Waals surface area contributed by atoms with Crippen molar-refractivity contribution in [1.82, 2.24) is 5.32 Å². The lowest BCUT2D eigenvalue weighted by atomic mass is 10.1. The highest BCUT2D eigenvalue weighted by molar-refractivity contribution is 7.12. The topological polar surface area (TPSA) is 69.6 Å². The second kappa shape index (κ2) is 5.98. The Morgan fingerprint density at radius 1 is 1.50 bits per heavy atom. The van der Waals surface area contributed by atoms with E-state index in [2.05, 4.69) is 5.32 Å². The van der Waals surface area contributed by atoms with Crippen LogP contribution in [0, 0.1) is 6.92 Å². The molecule has 0 aromatic carbocycles. The summed E-state index contributed by atoms with van der Waals surface area (Å²) >= 11 is 1.47. The standard InChI is InChI=1S/C11H17NO3S/c1-7-3-4-10(16-7)11(15)9(14)5-6-12-8(2)13/h3-4,9,11,14-15H,5-6H2,1-2H3,(H,12,13). The highest BCUT2D eigenvalue weighted by atomic mass is 32.1. The molecule has 3 N–H and O–H groups in total. The van der Waals surface area contributed by atoms with Gasteiger partial charge in [-0.15, -0.1) is 11.3 Å². The highest BCUT2D eigenvalue weighted by Crippen LogP contribution is 2.25. The first-order valence-electron chi connectivity index (χ1n) is 5.17. The maximum atomic E-state index is 10.6. The molecule has 0 aliphatic carbocycles. The monoisotopic (exact) mass is 243 g/mol. The van der Waals surface area contributed by atoms with E-state index in [9.17, 15) is 15.0 Å². The lowest BCUT2D eigenvalue weighted by Gasteiger charge is -2.16. The molecule has 1 aromatic rings. The molecule has 1 amide bonds. The van der Waals surface area contributed by atoms with Crippen molar-refractivity contribution in [3.05, 3.63) is 21.9 Å². The van der Waals surface area contributed by atoms with Gasteiger partial charge in [-0.2, -0.15) is 0 Å². The first kappa shape index (κ1) is 13.2. The molecule has 4 nitrogen and oxygen atoms in total. The van der Waals surface area contributed by atoms with E-state index in [1.165, 1.54) is 18.3 Å². The summed E-state index contributed by atoms with van der Waals surface area (Å²) in [6.07, 6.45) is -1.37. The molecule has 0 aliphatic heterocycles. The van der Waals surface area contributed by atoms with Gasteiger partial charge in [0, 0.05) is 23.2 Å². The molecule has 5 heteroatoms. The van der Waals surface area contributed by atoms with Crippen LogP contribution < -0.4 is 5.32 Å². The first-order chi connectivity index (χ1) is 7.50. The summed E-state index contributed by atoms with van der Waals surface area (Å²) in [4.78, 5) is 12.5. The van der Waals surface area contributed by atoms with Crippen LogP contribution in [0.2, 0.25) is 0 Å². The Balaban J connectivity index is 2.41. The summed E-state index contributed by atoms with van der Waals surface area (Å²) in [6, 6.07) is 3.72. The largest absolute Gasteiger partial charge is 0.390 e. The summed E-state index contributed by atoms with van der Waals surface area (Å²) in [5.41, 5.74) is 0. The lowest BCUT2D eigenvalue weighted by molar-refractivity contribution is -0.119. The fraction of sp³-hybridized carbons (Fsp3) is 0.545. The van der Waals surface area contributed by atoms with Gasteiger partial charge in [0.05, 0.1) is 6.10 Å². The Morgan fingerprint density at radius 2 is 2.19 bits per heavy atom. The van der Waals surface area contributed by atoms with E-state index in [-0.39, 0.29) is 5.91 Å². The van der Waals surface area contributed by atoms with Crippen molar-refractivity contribution in [1.29, 1.82) is 0 Å². The van der Waals surface area contributed by atoms with Crippen LogP contribution in [0.3, 0.4) is 0 Å². The smallest absolute Gasteiger partial charge is 0.216 e. The van der Waals surface area contributed by atoms with E-state index >= 15 is 0 Å². The molecule has 90 valence electrons. The van der Waals surface area contributed by atoms with Crippen LogP contribution in [0.25, 0.3) is 0 Å². The number of aryl methyl sites for hydroxylation is 1. The van der Waals surface area contributed by atoms with E-state index in [0.717, 1.165) is 9.75 Å². The van der Waals surface area contributed by atoms with E-state index < -0.39 is 12.2 Å². The van der Waals surface area contributed by atoms with Gasteiger partial charge in [0.2, 0.25) is 5.91 Å². The molecule has 0 fully saturated rings. The van der Waals surface area contributed by atoms with Crippen LogP contribution in [0.1, 0.15) is 29.2 Å². The number of carbonyl (C=O) groups is 1. The number of hydrogen-bond donors (Lipinski definition) is 3. The van der Waals surface area contributed by atoms with Gasteiger partial charge < -0.3 is 15.5 Å². The van der Waals surface area contributed by atoms with E-state index in [0.29, 0.717) is 13.0 Å². The quantitative estimate of drug-likeness (QED) is 0.722. The Kier molecular flexibility index (Phi) is 4.92. The Bertz CT molecular complexity index is 351. The van der Waals surface area contributed by atoms with Crippen molar-refractivity contribution in [2.24, 2.45) is 0 Å². The van der Waals surface area contributed by atoms with Gasteiger partial charge in [0.1, 0.15) is 6.10 Å². The summed E-state index contributed by atoms with van der Waals surface area (Å²) in [7, 11) is 0. The molecule has 0 spiro atoms. The molecule has 0 saturated carbocycles. The number of hydrogen-bond acceptors (Lipinski definition) is 4. The average molecular weight is 243 g/mol. The Labute approximate surface area is 98.9 Å². The normalized spacial score (nSPS) is 14.5. The summed E-state index contributed by atoms with van der Waals surface area (Å²) in [5, 5.41) is 22.1. The van der Waals surface area contributed by atoms with Crippen molar-refractivity contribution in [2.45, 2.75) is 32.5 Å². The number of aliphatic hydroxyl groups is 2. The molecular weight excluding hydrogens is 226 g/mol. The molecule has 16 heavy (non-hydrogen) atoms. The summed E-state index contributed by atoms with van der Waals surface area (Å²) in [5.74, 6) is -0.131. The Morgan fingerprint density at radius 3 is 2.69 bits per heavy atom. The van der Waals surface area contributed by atoms with Crippen molar-refractivity contribution in [3.8, 4) is 0 Å². The average Bonchev–Trinajstić information content (AvgIpc) is 2.63. The van der Waals surface area contributed by atoms with Crippen LogP contribution in [-0.4, -0.2) is 28.8 Å². The second-order valence-electron chi connectivity index (χ2n) is 3.73. The van der Waals surface area contributed by atoms with Gasteiger partial charge in [0.25, 0.3) is 0 Å². The number of amides is 1. The van der Waals surface area contributed by atoms with Gasteiger partial charge >= 0.3 is 0 Å². The molecule has 0 bridgehead atoms. The molecule has 0 saturated heterocycles. The third kappa shape index (κ3) is 3.92. The van der Waals surface area contributed by atoms with Crippen LogP contribution in [0.4, 0.5) is 0 Å². The Hall–Kier alpha value is -0.910. The van der Waals surface area contributed by atoms with Crippen molar-refractivity contribution < 1.29 is 15.0 Å². The van der Waals surface area contributed by atoms with Crippen molar-refractivity contribution in [2.75, 3.05) is 6.54 Å². The first-order valence-corrected chi connectivity index (χ1v) is 5.99. The molecule has 2 atom stereocenters. The maximum Gasteiger partial charge on any atom is 0.216 e. The zero-order chi connectivity index (χ0) is 12.1. The van der Waals surface area contributed by atoms with E-state index in [1.54, 1.807) is 0 Å². The molecule has 2 unspecified atom stereocenters. The molecule has 0 aliphatic rings. The number of nitrogens with one attached hydrogen (secondary N) is 1. The van der Waals surface area contributed by atoms with Crippen LogP contribution >= 0.6 is 11.3 Å². The predicted molar refractivity (Wildman–Crippen MR) is 63.3 cm³/mol. The van der Waals surface area contributed by atoms with Gasteiger partial charge in [0.15, 0.2) is 0 Å². The highest BCUT2D eigenvalue weighted by Gasteiger charge is 2.19. The minimum absolute atomic E-state index is 0.131. The van der Waals surface area contributed by atoms with Crippen LogP contribution in [0.5, 0.6) is 0 Å². The minimum atomic E-state index is -0.868. The van der Waals surface area contributed by atoms with Crippen LogP contribution in [0.15, 0.2) is 12.1 Å². The van der Waals surface area contributed by atoms with Crippen molar-refractivity contribution in [3.63, 3.8) is 0 Å². The predicted octanol–water partition coefficient (Wildman–Crippen LogP) is 0.977. The van der Waals surface area contributed by atoms with Gasteiger partial charge in [-0.05, 0) is 25.5 Å². The summed E-state index contributed by atoms with van der Waals surface area (Å²) < 4.78 is 0. The SMILES string of the molecule is CC(=O)NCCC(O)C(O)c1ccc(C)s1. The molecular formula is C11H17NO3S. The number of carbonyl (C=O) groups excluding carboxylic acids is 1. The van der Waals surface area contributed by atoms with Gasteiger partial charge in [-0.3, -0.25) is 4.79 Å². The van der Waals surface area contributed by atoms with Crippen LogP contribution in [-0.2, 0) is 4.79 Å². The zero-order valence-electron chi connectivity index (χ0n) is 9.43. The third-order valence-corrected chi connectivity index (χ3v) is 3.30. The maximum absolute atomic E-state index is 10.6. The fourth-order valence-corrected chi connectivity index (χ4v) is 2.28. The fourth-order valence-electron chi connectivity index (χ4n) is 1.36. The van der Waals surface area contributed by atoms with Gasteiger partial charge in [-0.1, -0.05) is 0 Å². The van der Waals surface area contributed by atoms with Crippen molar-refractivity contribution >= 4 is 17.2 Å². The summed E-state index contributed by atoms with van der Waals surface area (Å²) in [6.45, 7) is 3.74. The zero-order valence-corrected chi connectivity index (χ0v) is 10.3. The van der Waals surface area contributed by atoms with Gasteiger partial charge in [-0.25, -0.2) is 0 Å². The minimum Gasteiger partial charge on any atom is -0.390 e. The van der Waals surface area contributed by atoms with E-state index in [1.807, 2.05) is 19.1 Å². The number of rotatable bonds is 5. The van der Waals surface area contributed by atoms with E-state index in [4.69, 9.17) is 0 Å². The molecule has 0 radical (unpaired) electrons. The number of aliphatic hydroxyl groups excluding tert-OH is 2. The third-order valence-electron chi connectivity index (χ3n) is 2.23. The number of thiophene rings is 1.